The number of hydrogen-bond acceptors (Lipinski definition) is 5. The standard InChI is InChI=1S/C19H19FN4O2S/c1-12-10-15(13(2)24(12)19-21-8-9-27-19)11-22-23-18(25)14(3)26-17-6-4-16(20)5-7-17/h4-11,14H,1-3H3,(H,23,25)/b22-11-/t14-/m0/s1. The van der Waals surface area contributed by atoms with E-state index in [0.29, 0.717) is 5.75 Å². The summed E-state index contributed by atoms with van der Waals surface area (Å²) in [5.74, 6) is -0.348. The van der Waals surface area contributed by atoms with Gasteiger partial charge in [-0.1, -0.05) is 0 Å². The lowest BCUT2D eigenvalue weighted by Crippen LogP contribution is -2.33. The van der Waals surface area contributed by atoms with Crippen LogP contribution < -0.4 is 10.2 Å². The Morgan fingerprint density at radius 2 is 2.11 bits per heavy atom. The van der Waals surface area contributed by atoms with Crippen molar-refractivity contribution in [3.63, 3.8) is 0 Å². The number of benzene rings is 1. The summed E-state index contributed by atoms with van der Waals surface area (Å²) >= 11 is 1.55. The zero-order chi connectivity index (χ0) is 19.4. The van der Waals surface area contributed by atoms with E-state index in [4.69, 9.17) is 4.74 Å². The molecule has 1 atom stereocenters. The molecule has 0 bridgehead atoms. The second-order valence-corrected chi connectivity index (χ2v) is 6.80. The molecule has 140 valence electrons. The zero-order valence-corrected chi connectivity index (χ0v) is 16.0. The number of amides is 1. The fraction of sp³-hybridized carbons (Fsp3) is 0.211. The van der Waals surface area contributed by atoms with Crippen molar-refractivity contribution in [2.24, 2.45) is 5.10 Å². The third-order valence-electron chi connectivity index (χ3n) is 3.95. The van der Waals surface area contributed by atoms with Gasteiger partial charge in [-0.3, -0.25) is 9.36 Å². The predicted molar refractivity (Wildman–Crippen MR) is 103 cm³/mol. The van der Waals surface area contributed by atoms with Gasteiger partial charge in [-0.25, -0.2) is 14.8 Å². The molecule has 0 radical (unpaired) electrons. The molecule has 2 heterocycles. The normalized spacial score (nSPS) is 12.3. The van der Waals surface area contributed by atoms with Crippen LogP contribution in [0.3, 0.4) is 0 Å². The summed E-state index contributed by atoms with van der Waals surface area (Å²) in [5, 5.41) is 6.83. The van der Waals surface area contributed by atoms with Gasteiger partial charge in [0.05, 0.1) is 6.21 Å². The Kier molecular flexibility index (Phi) is 5.66. The number of carbonyl (C=O) groups is 1. The number of ether oxygens (including phenoxy) is 1. The van der Waals surface area contributed by atoms with Gasteiger partial charge in [0.25, 0.3) is 5.91 Å². The van der Waals surface area contributed by atoms with E-state index in [0.717, 1.165) is 22.1 Å². The van der Waals surface area contributed by atoms with Crippen LogP contribution in [0.1, 0.15) is 23.9 Å². The summed E-state index contributed by atoms with van der Waals surface area (Å²) in [4.78, 5) is 16.4. The minimum Gasteiger partial charge on any atom is -0.481 e. The Morgan fingerprint density at radius 1 is 1.37 bits per heavy atom. The van der Waals surface area contributed by atoms with Gasteiger partial charge >= 0.3 is 0 Å². The van der Waals surface area contributed by atoms with Crippen molar-refractivity contribution in [3.8, 4) is 10.9 Å². The first-order valence-corrected chi connectivity index (χ1v) is 9.17. The number of carbonyl (C=O) groups excluding carboxylic acids is 1. The number of hydrazone groups is 1. The number of hydrogen-bond donors (Lipinski definition) is 1. The summed E-state index contributed by atoms with van der Waals surface area (Å²) in [6, 6.07) is 7.46. The van der Waals surface area contributed by atoms with Crippen molar-refractivity contribution >= 4 is 23.5 Å². The maximum Gasteiger partial charge on any atom is 0.280 e. The van der Waals surface area contributed by atoms with Crippen molar-refractivity contribution in [1.82, 2.24) is 15.0 Å². The molecule has 0 spiro atoms. The summed E-state index contributed by atoms with van der Waals surface area (Å²) < 4.78 is 20.4. The molecule has 6 nitrogen and oxygen atoms in total. The van der Waals surface area contributed by atoms with Gasteiger partial charge in [0.1, 0.15) is 11.6 Å². The number of halogens is 1. The average Bonchev–Trinajstić information content (AvgIpc) is 3.25. The molecule has 0 aliphatic rings. The number of nitrogens with one attached hydrogen (secondary N) is 1. The number of rotatable bonds is 6. The van der Waals surface area contributed by atoms with Crippen LogP contribution in [0.5, 0.6) is 5.75 Å². The monoisotopic (exact) mass is 386 g/mol. The molecule has 8 heteroatoms. The highest BCUT2D eigenvalue weighted by atomic mass is 32.1. The van der Waals surface area contributed by atoms with Crippen LogP contribution in [-0.4, -0.2) is 27.8 Å². The Bertz CT molecular complexity index is 949. The van der Waals surface area contributed by atoms with Crippen molar-refractivity contribution in [1.29, 1.82) is 0 Å². The lowest BCUT2D eigenvalue weighted by Gasteiger charge is -2.12. The molecule has 1 N–H and O–H groups in total. The van der Waals surface area contributed by atoms with Crippen LogP contribution in [0, 0.1) is 19.7 Å². The Balaban J connectivity index is 1.62. The summed E-state index contributed by atoms with van der Waals surface area (Å²) in [5.41, 5.74) is 5.36. The highest BCUT2D eigenvalue weighted by Crippen LogP contribution is 2.21. The number of thiazole rings is 1. The van der Waals surface area contributed by atoms with Gasteiger partial charge in [-0.15, -0.1) is 11.3 Å². The van der Waals surface area contributed by atoms with Crippen molar-refractivity contribution in [3.05, 3.63) is 64.7 Å². The van der Waals surface area contributed by atoms with Crippen LogP contribution in [0.2, 0.25) is 0 Å². The molecule has 2 aromatic heterocycles. The van der Waals surface area contributed by atoms with Crippen LogP contribution in [0.4, 0.5) is 4.39 Å². The molecule has 27 heavy (non-hydrogen) atoms. The summed E-state index contributed by atoms with van der Waals surface area (Å²) in [7, 11) is 0. The molecule has 0 fully saturated rings. The molecule has 0 saturated heterocycles. The largest absolute Gasteiger partial charge is 0.481 e. The van der Waals surface area contributed by atoms with Gasteiger partial charge in [-0.2, -0.15) is 5.10 Å². The van der Waals surface area contributed by atoms with E-state index in [9.17, 15) is 9.18 Å². The van der Waals surface area contributed by atoms with Crippen LogP contribution >= 0.6 is 11.3 Å². The van der Waals surface area contributed by atoms with Crippen molar-refractivity contribution in [2.45, 2.75) is 26.9 Å². The van der Waals surface area contributed by atoms with Crippen LogP contribution in [0.25, 0.3) is 5.13 Å². The SMILES string of the molecule is Cc1cc(/C=N\NC(=O)[C@H](C)Oc2ccc(F)cc2)c(C)n1-c1nccs1. The molecule has 0 aliphatic heterocycles. The molecule has 1 aromatic carbocycles. The lowest BCUT2D eigenvalue weighted by molar-refractivity contribution is -0.127. The third-order valence-corrected chi connectivity index (χ3v) is 4.71. The van der Waals surface area contributed by atoms with Crippen LogP contribution in [-0.2, 0) is 4.79 Å². The molecular weight excluding hydrogens is 367 g/mol. The van der Waals surface area contributed by atoms with Crippen molar-refractivity contribution < 1.29 is 13.9 Å². The van der Waals surface area contributed by atoms with E-state index in [1.807, 2.05) is 29.9 Å². The Hall–Kier alpha value is -3.00. The lowest BCUT2D eigenvalue weighted by atomic mass is 10.3. The molecule has 3 rings (SSSR count). The van der Waals surface area contributed by atoms with E-state index >= 15 is 0 Å². The quantitative estimate of drug-likeness (QED) is 0.520. The first-order chi connectivity index (χ1) is 13.0. The number of aryl methyl sites for hydroxylation is 1. The molecule has 3 aromatic rings. The molecule has 0 unspecified atom stereocenters. The minimum absolute atomic E-state index is 0.362. The van der Waals surface area contributed by atoms with Gasteiger partial charge in [0, 0.05) is 28.5 Å². The molecule has 0 saturated carbocycles. The van der Waals surface area contributed by atoms with E-state index in [2.05, 4.69) is 15.5 Å². The van der Waals surface area contributed by atoms with Crippen molar-refractivity contribution in [2.75, 3.05) is 0 Å². The zero-order valence-electron chi connectivity index (χ0n) is 15.1. The number of aromatic nitrogens is 2. The molecule has 0 aliphatic carbocycles. The maximum absolute atomic E-state index is 12.9. The van der Waals surface area contributed by atoms with Gasteiger partial charge in [-0.05, 0) is 51.1 Å². The van der Waals surface area contributed by atoms with Gasteiger partial charge in [0.15, 0.2) is 11.2 Å². The topological polar surface area (TPSA) is 68.5 Å². The van der Waals surface area contributed by atoms with E-state index in [1.165, 1.54) is 24.3 Å². The second-order valence-electron chi connectivity index (χ2n) is 5.92. The van der Waals surface area contributed by atoms with E-state index in [-0.39, 0.29) is 5.82 Å². The fourth-order valence-corrected chi connectivity index (χ4v) is 3.32. The maximum atomic E-state index is 12.9. The fourth-order valence-electron chi connectivity index (χ4n) is 2.57. The Morgan fingerprint density at radius 3 is 2.78 bits per heavy atom. The Labute approximate surface area is 160 Å². The predicted octanol–water partition coefficient (Wildman–Crippen LogP) is 3.61. The first kappa shape index (κ1) is 18.8. The molecular formula is C19H19FN4O2S. The summed E-state index contributed by atoms with van der Waals surface area (Å²) in [6.07, 6.45) is 2.58. The molecule has 1 amide bonds. The highest BCUT2D eigenvalue weighted by molar-refractivity contribution is 7.12. The second kappa shape index (κ2) is 8.13. The van der Waals surface area contributed by atoms with Gasteiger partial charge in [0.2, 0.25) is 0 Å². The van der Waals surface area contributed by atoms with Gasteiger partial charge < -0.3 is 4.74 Å². The number of nitrogens with zero attached hydrogens (tertiary/aromatic N) is 3. The smallest absolute Gasteiger partial charge is 0.280 e. The van der Waals surface area contributed by atoms with E-state index in [1.54, 1.807) is 30.7 Å². The summed E-state index contributed by atoms with van der Waals surface area (Å²) in [6.45, 7) is 5.56. The first-order valence-electron chi connectivity index (χ1n) is 8.29. The van der Waals surface area contributed by atoms with E-state index < -0.39 is 12.0 Å². The van der Waals surface area contributed by atoms with Crippen LogP contribution in [0.15, 0.2) is 47.0 Å². The average molecular weight is 386 g/mol. The third kappa shape index (κ3) is 4.40. The highest BCUT2D eigenvalue weighted by Gasteiger charge is 2.14. The minimum atomic E-state index is -0.768.